The molecule has 2 aliphatic rings. The fourth-order valence-electron chi connectivity index (χ4n) is 11.7. The molecule has 1 aliphatic carbocycles. The highest BCUT2D eigenvalue weighted by atomic mass is 32.1. The van der Waals surface area contributed by atoms with Crippen LogP contribution in [0.1, 0.15) is 22.3 Å². The van der Waals surface area contributed by atoms with Crippen LogP contribution >= 0.6 is 11.3 Å². The fraction of sp³-hybridized carbons (Fsp3) is 0.0149. The number of hydrogen-bond acceptors (Lipinski definition) is 3. The van der Waals surface area contributed by atoms with Gasteiger partial charge in [-0.2, -0.15) is 0 Å². The second-order valence-electron chi connectivity index (χ2n) is 18.4. The molecular weight excluding hydrogens is 865 g/mol. The van der Waals surface area contributed by atoms with Crippen molar-refractivity contribution >= 4 is 65.6 Å². The molecule has 0 fully saturated rings. The van der Waals surface area contributed by atoms with Crippen LogP contribution in [-0.4, -0.2) is 0 Å². The Balaban J connectivity index is 0.994. The maximum absolute atomic E-state index is 2.52. The third kappa shape index (κ3) is 6.12. The van der Waals surface area contributed by atoms with Gasteiger partial charge in [0.2, 0.25) is 0 Å². The summed E-state index contributed by atoms with van der Waals surface area (Å²) in [5.41, 5.74) is 21.0. The van der Waals surface area contributed by atoms with Crippen LogP contribution in [0.15, 0.2) is 267 Å². The van der Waals surface area contributed by atoms with Crippen LogP contribution in [0.3, 0.4) is 0 Å². The van der Waals surface area contributed by atoms with Gasteiger partial charge in [-0.25, -0.2) is 0 Å². The first-order chi connectivity index (χ1) is 34.7. The zero-order chi connectivity index (χ0) is 46.2. The predicted octanol–water partition coefficient (Wildman–Crippen LogP) is 18.7. The van der Waals surface area contributed by atoms with E-state index in [1.165, 1.54) is 87.2 Å². The molecule has 3 heteroatoms. The smallest absolute Gasteiger partial charge is 0.0755 e. The third-order valence-corrected chi connectivity index (χ3v) is 15.8. The Morgan fingerprint density at radius 2 is 0.843 bits per heavy atom. The van der Waals surface area contributed by atoms with Crippen LogP contribution in [0.25, 0.3) is 64.7 Å². The summed E-state index contributed by atoms with van der Waals surface area (Å²) in [7, 11) is 0. The number of fused-ring (bicyclic) bond motifs is 12. The standard InChI is InChI=1S/C67H44N2S/c1-3-18-45(19-4-1)46-34-36-48(37-35-46)52-22-8-13-29-60(52)68(51-41-38-47(39-42-51)49-40-43-65-55(44-49)53-23-9-16-33-64(53)70-65)63-32-17-28-59-66(63)54-24-7-10-25-56(54)67(59)57-26-11-14-30-61(57)69(50-20-5-2-6-21-50)62-31-15-12-27-58(62)67/h1-44H. The van der Waals surface area contributed by atoms with E-state index in [2.05, 4.69) is 277 Å². The molecule has 70 heavy (non-hydrogen) atoms. The fourth-order valence-corrected chi connectivity index (χ4v) is 12.8. The average molecular weight is 909 g/mol. The highest BCUT2D eigenvalue weighted by molar-refractivity contribution is 7.25. The maximum Gasteiger partial charge on any atom is 0.0755 e. The molecule has 2 heterocycles. The summed E-state index contributed by atoms with van der Waals surface area (Å²) in [6.07, 6.45) is 0. The molecule has 1 aromatic heterocycles. The molecule has 1 spiro atoms. The lowest BCUT2D eigenvalue weighted by Crippen LogP contribution is -2.36. The van der Waals surface area contributed by atoms with Crippen molar-refractivity contribution in [2.45, 2.75) is 5.41 Å². The third-order valence-electron chi connectivity index (χ3n) is 14.7. The predicted molar refractivity (Wildman–Crippen MR) is 296 cm³/mol. The summed E-state index contributed by atoms with van der Waals surface area (Å²) in [6, 6.07) is 98.7. The lowest BCUT2D eigenvalue weighted by Gasteiger charge is -2.45. The number of hydrogen-bond donors (Lipinski definition) is 0. The largest absolute Gasteiger partial charge is 0.310 e. The molecule has 0 N–H and O–H groups in total. The summed E-state index contributed by atoms with van der Waals surface area (Å²) in [5, 5.41) is 2.62. The number of thiophene rings is 1. The van der Waals surface area contributed by atoms with Gasteiger partial charge in [-0.05, 0) is 122 Å². The molecule has 12 aromatic rings. The van der Waals surface area contributed by atoms with E-state index >= 15 is 0 Å². The molecule has 11 aromatic carbocycles. The summed E-state index contributed by atoms with van der Waals surface area (Å²) < 4.78 is 2.63. The lowest BCUT2D eigenvalue weighted by molar-refractivity contribution is 0.752. The number of rotatable bonds is 7. The summed E-state index contributed by atoms with van der Waals surface area (Å²) in [5.74, 6) is 0. The van der Waals surface area contributed by atoms with Crippen molar-refractivity contribution in [1.29, 1.82) is 0 Å². The highest BCUT2D eigenvalue weighted by Gasteiger charge is 2.52. The van der Waals surface area contributed by atoms with E-state index in [1.54, 1.807) is 0 Å². The van der Waals surface area contributed by atoms with Crippen molar-refractivity contribution in [3.63, 3.8) is 0 Å². The van der Waals surface area contributed by atoms with E-state index in [0.717, 1.165) is 33.9 Å². The number of anilines is 6. The molecule has 0 bridgehead atoms. The zero-order valence-corrected chi connectivity index (χ0v) is 39.0. The van der Waals surface area contributed by atoms with Crippen molar-refractivity contribution in [2.24, 2.45) is 0 Å². The zero-order valence-electron chi connectivity index (χ0n) is 38.2. The molecule has 2 nitrogen and oxygen atoms in total. The summed E-state index contributed by atoms with van der Waals surface area (Å²) >= 11 is 1.86. The Hall–Kier alpha value is -8.76. The molecule has 0 amide bonds. The first-order valence-corrected chi connectivity index (χ1v) is 24.9. The maximum atomic E-state index is 2.52. The summed E-state index contributed by atoms with van der Waals surface area (Å²) in [6.45, 7) is 0. The first-order valence-electron chi connectivity index (χ1n) is 24.1. The monoisotopic (exact) mass is 908 g/mol. The second-order valence-corrected chi connectivity index (χ2v) is 19.4. The van der Waals surface area contributed by atoms with Gasteiger partial charge in [0.15, 0.2) is 0 Å². The second kappa shape index (κ2) is 16.2. The minimum Gasteiger partial charge on any atom is -0.310 e. The average Bonchev–Trinajstić information content (AvgIpc) is 3.96. The number of benzene rings is 11. The van der Waals surface area contributed by atoms with Gasteiger partial charge >= 0.3 is 0 Å². The van der Waals surface area contributed by atoms with Crippen LogP contribution in [0.4, 0.5) is 34.1 Å². The quantitative estimate of drug-likeness (QED) is 0.157. The minimum absolute atomic E-state index is 0.590. The van der Waals surface area contributed by atoms with Gasteiger partial charge in [0, 0.05) is 42.7 Å². The van der Waals surface area contributed by atoms with Crippen LogP contribution in [0.5, 0.6) is 0 Å². The summed E-state index contributed by atoms with van der Waals surface area (Å²) in [4.78, 5) is 4.97. The van der Waals surface area contributed by atoms with Gasteiger partial charge in [-0.15, -0.1) is 11.3 Å². The van der Waals surface area contributed by atoms with E-state index in [9.17, 15) is 0 Å². The topological polar surface area (TPSA) is 6.48 Å². The Morgan fingerprint density at radius 1 is 0.329 bits per heavy atom. The minimum atomic E-state index is -0.590. The van der Waals surface area contributed by atoms with Crippen molar-refractivity contribution in [2.75, 3.05) is 9.80 Å². The van der Waals surface area contributed by atoms with Gasteiger partial charge in [0.1, 0.15) is 0 Å². The van der Waals surface area contributed by atoms with E-state index in [1.807, 2.05) is 11.3 Å². The molecule has 0 unspecified atom stereocenters. The van der Waals surface area contributed by atoms with Crippen molar-refractivity contribution in [3.05, 3.63) is 289 Å². The van der Waals surface area contributed by atoms with Crippen molar-refractivity contribution in [1.82, 2.24) is 0 Å². The van der Waals surface area contributed by atoms with Gasteiger partial charge in [0.05, 0.1) is 28.2 Å². The Morgan fingerprint density at radius 3 is 1.60 bits per heavy atom. The van der Waals surface area contributed by atoms with Crippen LogP contribution < -0.4 is 9.80 Å². The molecule has 0 saturated carbocycles. The Bertz CT molecular complexity index is 3900. The Labute approximate surface area is 412 Å². The van der Waals surface area contributed by atoms with E-state index in [-0.39, 0.29) is 0 Å². The molecule has 1 aliphatic heterocycles. The van der Waals surface area contributed by atoms with E-state index in [4.69, 9.17) is 0 Å². The SMILES string of the molecule is c1ccc(-c2ccc(-c3ccccc3N(c3ccc(-c4ccc5sc6ccccc6c5c4)cc3)c3cccc4c3-c3ccccc3C43c4ccccc4N(c4ccccc4)c4ccccc43)cc2)cc1. The molecule has 14 rings (SSSR count). The molecule has 0 radical (unpaired) electrons. The van der Waals surface area contributed by atoms with Crippen molar-refractivity contribution < 1.29 is 0 Å². The van der Waals surface area contributed by atoms with Crippen LogP contribution in [0.2, 0.25) is 0 Å². The van der Waals surface area contributed by atoms with E-state index < -0.39 is 5.41 Å². The lowest BCUT2D eigenvalue weighted by atomic mass is 9.64. The molecule has 0 saturated heterocycles. The Kier molecular flexibility index (Phi) is 9.33. The van der Waals surface area contributed by atoms with Crippen LogP contribution in [0, 0.1) is 0 Å². The van der Waals surface area contributed by atoms with E-state index in [0.29, 0.717) is 0 Å². The van der Waals surface area contributed by atoms with Gasteiger partial charge in [0.25, 0.3) is 0 Å². The van der Waals surface area contributed by atoms with Gasteiger partial charge < -0.3 is 9.80 Å². The molecule has 0 atom stereocenters. The van der Waals surface area contributed by atoms with Gasteiger partial charge in [-0.1, -0.05) is 200 Å². The number of para-hydroxylation sites is 4. The first kappa shape index (κ1) is 40.3. The molecule has 328 valence electrons. The number of nitrogens with zero attached hydrogens (tertiary/aromatic N) is 2. The van der Waals surface area contributed by atoms with Crippen LogP contribution in [-0.2, 0) is 5.41 Å². The van der Waals surface area contributed by atoms with Crippen molar-refractivity contribution in [3.8, 4) is 44.5 Å². The molecular formula is C67H44N2S. The normalized spacial score (nSPS) is 12.9. The van der Waals surface area contributed by atoms with Gasteiger partial charge in [-0.3, -0.25) is 0 Å². The highest BCUT2D eigenvalue weighted by Crippen LogP contribution is 2.65.